The summed E-state index contributed by atoms with van der Waals surface area (Å²) in [6, 6.07) is 5.22. The first kappa shape index (κ1) is 10.6. The Labute approximate surface area is 90.7 Å². The molecule has 1 aromatic carbocycles. The summed E-state index contributed by atoms with van der Waals surface area (Å²) in [6.07, 6.45) is 3.37. The summed E-state index contributed by atoms with van der Waals surface area (Å²) in [5.41, 5.74) is 2.55. The fraction of sp³-hybridized carbons (Fsp3) is 0.538. The number of halogens is 1. The predicted molar refractivity (Wildman–Crippen MR) is 60.6 cm³/mol. The van der Waals surface area contributed by atoms with Gasteiger partial charge in [0, 0.05) is 6.54 Å². The van der Waals surface area contributed by atoms with E-state index in [2.05, 4.69) is 12.2 Å². The number of nitrogens with one attached hydrogen (secondary N) is 1. The second kappa shape index (κ2) is 4.75. The second-order valence-corrected chi connectivity index (χ2v) is 4.28. The van der Waals surface area contributed by atoms with Crippen LogP contribution in [0.1, 0.15) is 36.8 Å². The van der Waals surface area contributed by atoms with Gasteiger partial charge in [-0.15, -0.1) is 0 Å². The standard InChI is InChI=1S/C13H18FN/c1-2-7-15-9-11-4-3-10-8-12(14)5-6-13(10)11/h5-6,8,11,15H,2-4,7,9H2,1H3. The lowest BCUT2D eigenvalue weighted by molar-refractivity contribution is 0.575. The monoisotopic (exact) mass is 207 g/mol. The molecule has 0 fully saturated rings. The van der Waals surface area contributed by atoms with Crippen LogP contribution in [0.3, 0.4) is 0 Å². The first-order chi connectivity index (χ1) is 7.31. The van der Waals surface area contributed by atoms with Crippen LogP contribution in [0.4, 0.5) is 4.39 Å². The summed E-state index contributed by atoms with van der Waals surface area (Å²) in [4.78, 5) is 0. The number of hydrogen-bond donors (Lipinski definition) is 1. The zero-order valence-electron chi connectivity index (χ0n) is 9.22. The molecule has 0 aromatic heterocycles. The van der Waals surface area contributed by atoms with Gasteiger partial charge in [0.1, 0.15) is 5.82 Å². The molecule has 82 valence electrons. The lowest BCUT2D eigenvalue weighted by atomic mass is 10.0. The minimum absolute atomic E-state index is 0.101. The fourth-order valence-corrected chi connectivity index (χ4v) is 2.34. The van der Waals surface area contributed by atoms with Crippen molar-refractivity contribution in [1.29, 1.82) is 0 Å². The average molecular weight is 207 g/mol. The van der Waals surface area contributed by atoms with Gasteiger partial charge in [-0.25, -0.2) is 4.39 Å². The molecule has 0 radical (unpaired) electrons. The van der Waals surface area contributed by atoms with Crippen molar-refractivity contribution in [3.63, 3.8) is 0 Å². The zero-order valence-corrected chi connectivity index (χ0v) is 9.22. The molecule has 15 heavy (non-hydrogen) atoms. The summed E-state index contributed by atoms with van der Waals surface area (Å²) >= 11 is 0. The van der Waals surface area contributed by atoms with E-state index in [0.29, 0.717) is 5.92 Å². The Hall–Kier alpha value is -0.890. The van der Waals surface area contributed by atoms with Crippen LogP contribution in [-0.4, -0.2) is 13.1 Å². The van der Waals surface area contributed by atoms with Crippen LogP contribution in [-0.2, 0) is 6.42 Å². The summed E-state index contributed by atoms with van der Waals surface area (Å²) < 4.78 is 13.0. The number of benzene rings is 1. The first-order valence-corrected chi connectivity index (χ1v) is 5.80. The molecular formula is C13H18FN. The number of aryl methyl sites for hydroxylation is 1. The molecule has 0 aliphatic heterocycles. The highest BCUT2D eigenvalue weighted by atomic mass is 19.1. The molecule has 1 nitrogen and oxygen atoms in total. The van der Waals surface area contributed by atoms with Gasteiger partial charge in [0.15, 0.2) is 0 Å². The highest BCUT2D eigenvalue weighted by molar-refractivity contribution is 5.35. The molecule has 0 amide bonds. The van der Waals surface area contributed by atoms with Crippen molar-refractivity contribution >= 4 is 0 Å². The Balaban J connectivity index is 2.02. The van der Waals surface area contributed by atoms with Gasteiger partial charge >= 0.3 is 0 Å². The summed E-state index contributed by atoms with van der Waals surface area (Å²) in [5.74, 6) is 0.489. The maximum absolute atomic E-state index is 13.0. The Bertz CT molecular complexity index is 335. The Morgan fingerprint density at radius 2 is 2.33 bits per heavy atom. The van der Waals surface area contributed by atoms with E-state index in [4.69, 9.17) is 0 Å². The van der Waals surface area contributed by atoms with Crippen molar-refractivity contribution in [3.05, 3.63) is 35.1 Å². The minimum Gasteiger partial charge on any atom is -0.316 e. The topological polar surface area (TPSA) is 12.0 Å². The molecule has 1 aliphatic carbocycles. The quantitative estimate of drug-likeness (QED) is 0.749. The summed E-state index contributed by atoms with van der Waals surface area (Å²) in [7, 11) is 0. The van der Waals surface area contributed by atoms with Gasteiger partial charge in [-0.3, -0.25) is 0 Å². The normalized spacial score (nSPS) is 19.2. The maximum atomic E-state index is 13.0. The van der Waals surface area contributed by atoms with Crippen molar-refractivity contribution < 1.29 is 4.39 Å². The first-order valence-electron chi connectivity index (χ1n) is 5.80. The summed E-state index contributed by atoms with van der Waals surface area (Å²) in [6.45, 7) is 4.28. The number of hydrogen-bond acceptors (Lipinski definition) is 1. The Kier molecular flexibility index (Phi) is 3.37. The number of rotatable bonds is 4. The fourth-order valence-electron chi connectivity index (χ4n) is 2.34. The SMILES string of the molecule is CCCNCC1CCc2cc(F)ccc21. The molecular weight excluding hydrogens is 189 g/mol. The molecule has 0 saturated heterocycles. The van der Waals surface area contributed by atoms with Gasteiger partial charge < -0.3 is 5.32 Å². The van der Waals surface area contributed by atoms with Crippen molar-refractivity contribution in [2.75, 3.05) is 13.1 Å². The van der Waals surface area contributed by atoms with Gasteiger partial charge in [-0.05, 0) is 55.0 Å². The van der Waals surface area contributed by atoms with E-state index < -0.39 is 0 Å². The largest absolute Gasteiger partial charge is 0.316 e. The molecule has 0 saturated carbocycles. The van der Waals surface area contributed by atoms with Gasteiger partial charge in [0.2, 0.25) is 0 Å². The highest BCUT2D eigenvalue weighted by Crippen LogP contribution is 2.32. The summed E-state index contributed by atoms with van der Waals surface area (Å²) in [5, 5.41) is 3.44. The maximum Gasteiger partial charge on any atom is 0.123 e. The van der Waals surface area contributed by atoms with Gasteiger partial charge in [0.25, 0.3) is 0 Å². The lowest BCUT2D eigenvalue weighted by Crippen LogP contribution is -2.21. The van der Waals surface area contributed by atoms with E-state index in [-0.39, 0.29) is 5.82 Å². The van der Waals surface area contributed by atoms with Crippen molar-refractivity contribution in [2.45, 2.75) is 32.1 Å². The van der Waals surface area contributed by atoms with Crippen LogP contribution < -0.4 is 5.32 Å². The molecule has 2 heteroatoms. The van der Waals surface area contributed by atoms with E-state index in [1.54, 1.807) is 12.1 Å². The van der Waals surface area contributed by atoms with Gasteiger partial charge in [-0.1, -0.05) is 13.0 Å². The van der Waals surface area contributed by atoms with Gasteiger partial charge in [0.05, 0.1) is 0 Å². The molecule has 1 aromatic rings. The van der Waals surface area contributed by atoms with Crippen LogP contribution in [0.15, 0.2) is 18.2 Å². The van der Waals surface area contributed by atoms with Crippen molar-refractivity contribution in [3.8, 4) is 0 Å². The average Bonchev–Trinajstić information content (AvgIpc) is 2.61. The molecule has 1 aliphatic rings. The van der Waals surface area contributed by atoms with Crippen LogP contribution >= 0.6 is 0 Å². The van der Waals surface area contributed by atoms with E-state index in [1.807, 2.05) is 6.07 Å². The van der Waals surface area contributed by atoms with E-state index in [0.717, 1.165) is 25.9 Å². The lowest BCUT2D eigenvalue weighted by Gasteiger charge is -2.12. The smallest absolute Gasteiger partial charge is 0.123 e. The van der Waals surface area contributed by atoms with E-state index in [9.17, 15) is 4.39 Å². The molecule has 0 heterocycles. The van der Waals surface area contributed by atoms with Crippen LogP contribution in [0.2, 0.25) is 0 Å². The molecule has 0 bridgehead atoms. The number of fused-ring (bicyclic) bond motifs is 1. The Morgan fingerprint density at radius 3 is 3.13 bits per heavy atom. The van der Waals surface area contributed by atoms with Gasteiger partial charge in [-0.2, -0.15) is 0 Å². The third-order valence-corrected chi connectivity index (χ3v) is 3.12. The molecule has 1 unspecified atom stereocenters. The van der Waals surface area contributed by atoms with E-state index in [1.165, 1.54) is 17.5 Å². The van der Waals surface area contributed by atoms with E-state index >= 15 is 0 Å². The minimum atomic E-state index is -0.101. The predicted octanol–water partition coefficient (Wildman–Crippen LogP) is 2.86. The van der Waals surface area contributed by atoms with Crippen molar-refractivity contribution in [2.24, 2.45) is 0 Å². The molecule has 1 N–H and O–H groups in total. The van der Waals surface area contributed by atoms with Crippen molar-refractivity contribution in [1.82, 2.24) is 5.32 Å². The highest BCUT2D eigenvalue weighted by Gasteiger charge is 2.21. The second-order valence-electron chi connectivity index (χ2n) is 4.28. The molecule has 2 rings (SSSR count). The third kappa shape index (κ3) is 2.37. The zero-order chi connectivity index (χ0) is 10.7. The Morgan fingerprint density at radius 1 is 1.47 bits per heavy atom. The third-order valence-electron chi connectivity index (χ3n) is 3.12. The van der Waals surface area contributed by atoms with Crippen LogP contribution in [0.25, 0.3) is 0 Å². The van der Waals surface area contributed by atoms with Crippen LogP contribution in [0.5, 0.6) is 0 Å². The van der Waals surface area contributed by atoms with Crippen LogP contribution in [0, 0.1) is 5.82 Å². The molecule has 1 atom stereocenters. The molecule has 0 spiro atoms.